The first-order valence-electron chi connectivity index (χ1n) is 6.37. The normalized spacial score (nSPS) is 16.5. The van der Waals surface area contributed by atoms with Crippen molar-refractivity contribution in [2.75, 3.05) is 26.2 Å². The molecule has 0 radical (unpaired) electrons. The van der Waals surface area contributed by atoms with Crippen molar-refractivity contribution < 1.29 is 5.11 Å². The summed E-state index contributed by atoms with van der Waals surface area (Å²) in [6.07, 6.45) is 2.68. The van der Waals surface area contributed by atoms with Crippen LogP contribution in [0.25, 0.3) is 0 Å². The van der Waals surface area contributed by atoms with Crippen LogP contribution in [0.3, 0.4) is 0 Å². The molecule has 1 aromatic carbocycles. The Morgan fingerprint density at radius 1 is 1.38 bits per heavy atom. The van der Waals surface area contributed by atoms with E-state index in [-0.39, 0.29) is 36.6 Å². The quantitative estimate of drug-likeness (QED) is 0.721. The van der Waals surface area contributed by atoms with Crippen LogP contribution < -0.4 is 5.32 Å². The zero-order chi connectivity index (χ0) is 13.8. The lowest BCUT2D eigenvalue weighted by Gasteiger charge is -2.35. The van der Waals surface area contributed by atoms with E-state index in [0.29, 0.717) is 5.02 Å². The molecule has 0 bridgehead atoms. The highest BCUT2D eigenvalue weighted by Crippen LogP contribution is 2.38. The fourth-order valence-corrected chi connectivity index (χ4v) is 3.30. The number of aromatic hydroxyl groups is 1. The van der Waals surface area contributed by atoms with E-state index in [1.807, 2.05) is 12.1 Å². The number of phenolic OH excluding ortho intramolecular Hbond substituents is 1. The van der Waals surface area contributed by atoms with E-state index in [9.17, 15) is 5.11 Å². The molecule has 0 unspecified atom stereocenters. The molecule has 1 aliphatic rings. The van der Waals surface area contributed by atoms with Gasteiger partial charge in [0.1, 0.15) is 5.75 Å². The lowest BCUT2D eigenvalue weighted by molar-refractivity contribution is 0.172. The molecule has 21 heavy (non-hydrogen) atoms. The van der Waals surface area contributed by atoms with E-state index in [0.717, 1.165) is 42.6 Å². The van der Waals surface area contributed by atoms with Gasteiger partial charge in [-0.25, -0.2) is 0 Å². The van der Waals surface area contributed by atoms with Crippen molar-refractivity contribution in [3.05, 3.63) is 39.8 Å². The van der Waals surface area contributed by atoms with Gasteiger partial charge >= 0.3 is 0 Å². The van der Waals surface area contributed by atoms with Gasteiger partial charge in [0.05, 0.1) is 5.02 Å². The lowest BCUT2D eigenvalue weighted by Crippen LogP contribution is -2.45. The first kappa shape index (κ1) is 21.0. The third-order valence-corrected chi connectivity index (χ3v) is 4.14. The van der Waals surface area contributed by atoms with Gasteiger partial charge in [0, 0.05) is 42.3 Å². The second-order valence-electron chi connectivity index (χ2n) is 4.65. The van der Waals surface area contributed by atoms with Gasteiger partial charge in [0.15, 0.2) is 0 Å². The molecule has 7 heteroatoms. The number of hydrogen-bond acceptors (Lipinski definition) is 3. The summed E-state index contributed by atoms with van der Waals surface area (Å²) in [5, 5.41) is 13.9. The van der Waals surface area contributed by atoms with Crippen molar-refractivity contribution in [2.24, 2.45) is 0 Å². The monoisotopic (exact) mass is 416 g/mol. The predicted octanol–water partition coefficient (Wildman–Crippen LogP) is 4.17. The van der Waals surface area contributed by atoms with Crippen LogP contribution in [-0.2, 0) is 0 Å². The Balaban J connectivity index is 0.00000200. The maximum atomic E-state index is 10.2. The number of phenols is 1. The van der Waals surface area contributed by atoms with Crippen LogP contribution in [0.4, 0.5) is 0 Å². The average molecular weight is 419 g/mol. The molecule has 1 fully saturated rings. The zero-order valence-corrected chi connectivity index (χ0v) is 15.5. The zero-order valence-electron chi connectivity index (χ0n) is 11.5. The molecule has 0 saturated carbocycles. The third kappa shape index (κ3) is 5.31. The van der Waals surface area contributed by atoms with E-state index in [1.165, 1.54) is 0 Å². The number of piperazine rings is 1. The van der Waals surface area contributed by atoms with Gasteiger partial charge in [0.25, 0.3) is 0 Å². The minimum absolute atomic E-state index is 0. The molecular weight excluding hydrogens is 398 g/mol. The van der Waals surface area contributed by atoms with E-state index < -0.39 is 0 Å². The summed E-state index contributed by atoms with van der Waals surface area (Å²) in [5.74, 6) is 0.176. The fraction of sp³-hybridized carbons (Fsp3) is 0.429. The van der Waals surface area contributed by atoms with Crippen molar-refractivity contribution in [1.82, 2.24) is 10.2 Å². The molecule has 0 amide bonds. The third-order valence-electron chi connectivity index (χ3n) is 3.40. The van der Waals surface area contributed by atoms with Crippen LogP contribution >= 0.6 is 52.3 Å². The maximum absolute atomic E-state index is 10.2. The van der Waals surface area contributed by atoms with Crippen molar-refractivity contribution in [1.29, 1.82) is 0 Å². The highest BCUT2D eigenvalue weighted by atomic mass is 79.9. The summed E-state index contributed by atoms with van der Waals surface area (Å²) in [6, 6.07) is 3.77. The highest BCUT2D eigenvalue weighted by Gasteiger charge is 2.24. The topological polar surface area (TPSA) is 35.5 Å². The van der Waals surface area contributed by atoms with Crippen LogP contribution in [0, 0.1) is 0 Å². The number of nitrogens with zero attached hydrogens (tertiary/aromatic N) is 1. The summed E-state index contributed by atoms with van der Waals surface area (Å²) >= 11 is 9.50. The summed E-state index contributed by atoms with van der Waals surface area (Å²) in [7, 11) is 0. The summed E-state index contributed by atoms with van der Waals surface area (Å²) < 4.78 is 0.884. The minimum atomic E-state index is 0. The van der Waals surface area contributed by atoms with Crippen molar-refractivity contribution in [2.45, 2.75) is 12.5 Å². The molecule has 0 spiro atoms. The largest absolute Gasteiger partial charge is 0.506 e. The van der Waals surface area contributed by atoms with E-state index in [2.05, 4.69) is 32.7 Å². The van der Waals surface area contributed by atoms with Crippen molar-refractivity contribution in [3.63, 3.8) is 0 Å². The van der Waals surface area contributed by atoms with Crippen molar-refractivity contribution >= 4 is 52.3 Å². The molecule has 2 rings (SSSR count). The van der Waals surface area contributed by atoms with Gasteiger partial charge in [-0.3, -0.25) is 4.90 Å². The molecule has 1 saturated heterocycles. The predicted molar refractivity (Wildman–Crippen MR) is 97.3 cm³/mol. The summed E-state index contributed by atoms with van der Waals surface area (Å²) in [4.78, 5) is 2.36. The number of hydrogen-bond donors (Lipinski definition) is 2. The van der Waals surface area contributed by atoms with E-state index >= 15 is 0 Å². The number of nitrogens with one attached hydrogen (secondary N) is 1. The molecule has 1 aliphatic heterocycles. The summed E-state index contributed by atoms with van der Waals surface area (Å²) in [5.41, 5.74) is 0.862. The fourth-order valence-electron chi connectivity index (χ4n) is 2.46. The van der Waals surface area contributed by atoms with E-state index in [4.69, 9.17) is 11.6 Å². The molecule has 0 aliphatic carbocycles. The second-order valence-corrected chi connectivity index (χ2v) is 5.97. The first-order valence-corrected chi connectivity index (χ1v) is 7.54. The van der Waals surface area contributed by atoms with Gasteiger partial charge in [-0.2, -0.15) is 0 Å². The van der Waals surface area contributed by atoms with Gasteiger partial charge in [-0.05, 0) is 18.6 Å². The number of benzene rings is 1. The van der Waals surface area contributed by atoms with Crippen LogP contribution in [0.5, 0.6) is 5.75 Å². The maximum Gasteiger partial charge on any atom is 0.139 e. The molecule has 1 heterocycles. The van der Waals surface area contributed by atoms with Gasteiger partial charge < -0.3 is 10.4 Å². The average Bonchev–Trinajstić information content (AvgIpc) is 2.41. The van der Waals surface area contributed by atoms with Gasteiger partial charge in [-0.1, -0.05) is 33.6 Å². The Morgan fingerprint density at radius 2 is 2.00 bits per heavy atom. The Hall–Kier alpha value is 0.0300. The Labute approximate surface area is 151 Å². The molecule has 0 aromatic heterocycles. The molecule has 1 aromatic rings. The van der Waals surface area contributed by atoms with Gasteiger partial charge in [0.2, 0.25) is 0 Å². The highest BCUT2D eigenvalue weighted by molar-refractivity contribution is 9.10. The van der Waals surface area contributed by atoms with Crippen molar-refractivity contribution in [3.8, 4) is 5.75 Å². The Kier molecular flexibility index (Phi) is 9.94. The number of rotatable bonds is 4. The minimum Gasteiger partial charge on any atom is -0.506 e. The standard InChI is InChI=1S/C14H18BrClN2O.2ClH/c1-2-3-13(18-6-4-17-5-7-18)11-8-10(15)9-12(16)14(11)19;;/h2,8-9,13,17,19H,1,3-7H2;2*1H/t13-;;/m1../s1. The van der Waals surface area contributed by atoms with Gasteiger partial charge in [-0.15, -0.1) is 31.4 Å². The van der Waals surface area contributed by atoms with Crippen LogP contribution in [0.1, 0.15) is 18.0 Å². The Morgan fingerprint density at radius 3 is 2.57 bits per heavy atom. The number of halogens is 4. The Bertz CT molecular complexity index is 468. The summed E-state index contributed by atoms with van der Waals surface area (Å²) in [6.45, 7) is 7.68. The molecular formula is C14H20BrCl3N2O. The SMILES string of the molecule is C=CC[C@H](c1cc(Br)cc(Cl)c1O)N1CCNCC1.Cl.Cl. The van der Waals surface area contributed by atoms with Crippen LogP contribution in [-0.4, -0.2) is 36.2 Å². The van der Waals surface area contributed by atoms with Crippen LogP contribution in [0.2, 0.25) is 5.02 Å². The second kappa shape index (κ2) is 9.93. The molecule has 120 valence electrons. The molecule has 2 N–H and O–H groups in total. The first-order chi connectivity index (χ1) is 9.13. The lowest BCUT2D eigenvalue weighted by atomic mass is 10.00. The van der Waals surface area contributed by atoms with Crippen LogP contribution in [0.15, 0.2) is 29.3 Å². The molecule has 3 nitrogen and oxygen atoms in total. The molecule has 1 atom stereocenters. The smallest absolute Gasteiger partial charge is 0.139 e. The van der Waals surface area contributed by atoms with E-state index in [1.54, 1.807) is 6.07 Å².